The van der Waals surface area contributed by atoms with E-state index in [-0.39, 0.29) is 5.97 Å². The van der Waals surface area contributed by atoms with Gasteiger partial charge in [0.1, 0.15) is 5.69 Å². The summed E-state index contributed by atoms with van der Waals surface area (Å²) >= 11 is 0. The maximum Gasteiger partial charge on any atom is 0.338 e. The molecule has 114 valence electrons. The molecule has 0 heterocycles. The van der Waals surface area contributed by atoms with Crippen LogP contribution in [0.1, 0.15) is 30.1 Å². The van der Waals surface area contributed by atoms with E-state index in [1.807, 2.05) is 19.1 Å². The molecule has 22 heavy (non-hydrogen) atoms. The first-order chi connectivity index (χ1) is 10.7. The molecule has 0 saturated carbocycles. The average Bonchev–Trinajstić information content (AvgIpc) is 2.55. The summed E-state index contributed by atoms with van der Waals surface area (Å²) < 4.78 is 5.14. The number of nitrogen functional groups attached to an aromatic ring is 1. The third-order valence-corrected chi connectivity index (χ3v) is 3.04. The van der Waals surface area contributed by atoms with Crippen LogP contribution in [0.5, 0.6) is 0 Å². The number of carbonyl (C=O) groups excluding carboxylic acids is 1. The molecule has 2 aromatic carbocycles. The van der Waals surface area contributed by atoms with Crippen molar-refractivity contribution in [2.24, 2.45) is 10.2 Å². The molecule has 5 nitrogen and oxygen atoms in total. The van der Waals surface area contributed by atoms with Crippen molar-refractivity contribution in [2.45, 2.75) is 19.8 Å². The maximum absolute atomic E-state index is 11.8. The highest BCUT2D eigenvalue weighted by Crippen LogP contribution is 2.23. The second-order valence-electron chi connectivity index (χ2n) is 4.80. The van der Waals surface area contributed by atoms with Crippen molar-refractivity contribution in [2.75, 3.05) is 12.3 Å². The Morgan fingerprint density at radius 2 is 1.82 bits per heavy atom. The maximum atomic E-state index is 11.8. The predicted octanol–water partition coefficient (Wildman–Crippen LogP) is 4.64. The SMILES string of the molecule is CCCCOC(=O)c1ccc(N=Nc2ccccc2N)cc1. The number of unbranched alkanes of at least 4 members (excludes halogenated alkanes) is 1. The van der Waals surface area contributed by atoms with Crippen molar-refractivity contribution >= 4 is 23.0 Å². The Morgan fingerprint density at radius 1 is 1.09 bits per heavy atom. The predicted molar refractivity (Wildman–Crippen MR) is 86.7 cm³/mol. The lowest BCUT2D eigenvalue weighted by Gasteiger charge is -2.03. The van der Waals surface area contributed by atoms with E-state index >= 15 is 0 Å². The van der Waals surface area contributed by atoms with Gasteiger partial charge >= 0.3 is 5.97 Å². The zero-order valence-corrected chi connectivity index (χ0v) is 12.5. The number of nitrogens with two attached hydrogens (primary N) is 1. The van der Waals surface area contributed by atoms with Crippen LogP contribution in [-0.2, 0) is 4.74 Å². The Morgan fingerprint density at radius 3 is 2.50 bits per heavy atom. The van der Waals surface area contributed by atoms with Crippen LogP contribution >= 0.6 is 0 Å². The largest absolute Gasteiger partial charge is 0.462 e. The molecule has 2 rings (SSSR count). The number of benzene rings is 2. The first kappa shape index (κ1) is 15.7. The summed E-state index contributed by atoms with van der Waals surface area (Å²) in [6.07, 6.45) is 1.87. The van der Waals surface area contributed by atoms with Crippen LogP contribution in [0.15, 0.2) is 58.8 Å². The van der Waals surface area contributed by atoms with E-state index in [0.29, 0.717) is 29.2 Å². The number of hydrogen-bond donors (Lipinski definition) is 1. The molecule has 0 fully saturated rings. The summed E-state index contributed by atoms with van der Waals surface area (Å²) in [6, 6.07) is 14.0. The van der Waals surface area contributed by atoms with Gasteiger partial charge in [0.05, 0.1) is 23.5 Å². The fourth-order valence-electron chi connectivity index (χ4n) is 1.75. The van der Waals surface area contributed by atoms with E-state index in [1.54, 1.807) is 36.4 Å². The summed E-state index contributed by atoms with van der Waals surface area (Å²) in [5.74, 6) is -0.316. The van der Waals surface area contributed by atoms with Gasteiger partial charge in [-0.3, -0.25) is 0 Å². The van der Waals surface area contributed by atoms with E-state index in [4.69, 9.17) is 10.5 Å². The molecule has 0 atom stereocenters. The topological polar surface area (TPSA) is 77.0 Å². The van der Waals surface area contributed by atoms with E-state index in [1.165, 1.54) is 0 Å². The van der Waals surface area contributed by atoms with Gasteiger partial charge in [0, 0.05) is 0 Å². The molecule has 0 amide bonds. The lowest BCUT2D eigenvalue weighted by Crippen LogP contribution is -2.05. The van der Waals surface area contributed by atoms with Crippen LogP contribution in [0.2, 0.25) is 0 Å². The summed E-state index contributed by atoms with van der Waals surface area (Å²) in [5, 5.41) is 8.20. The number of hydrogen-bond acceptors (Lipinski definition) is 5. The van der Waals surface area contributed by atoms with Gasteiger partial charge in [-0.25, -0.2) is 4.79 Å². The molecular weight excluding hydrogens is 278 g/mol. The van der Waals surface area contributed by atoms with Gasteiger partial charge in [-0.1, -0.05) is 25.5 Å². The summed E-state index contributed by atoms with van der Waals surface area (Å²) in [7, 11) is 0. The van der Waals surface area contributed by atoms with E-state index < -0.39 is 0 Å². The molecule has 0 unspecified atom stereocenters. The molecule has 0 aliphatic heterocycles. The van der Waals surface area contributed by atoms with Crippen LogP contribution in [0.4, 0.5) is 17.1 Å². The number of esters is 1. The Balaban J connectivity index is 2.00. The first-order valence-corrected chi connectivity index (χ1v) is 7.24. The van der Waals surface area contributed by atoms with Crippen molar-refractivity contribution in [3.8, 4) is 0 Å². The van der Waals surface area contributed by atoms with E-state index in [0.717, 1.165) is 12.8 Å². The van der Waals surface area contributed by atoms with Gasteiger partial charge in [-0.05, 0) is 42.8 Å². The highest BCUT2D eigenvalue weighted by Gasteiger charge is 2.06. The van der Waals surface area contributed by atoms with Gasteiger partial charge in [0.2, 0.25) is 0 Å². The van der Waals surface area contributed by atoms with Gasteiger partial charge in [-0.15, -0.1) is 5.11 Å². The molecule has 2 aromatic rings. The van der Waals surface area contributed by atoms with Crippen molar-refractivity contribution < 1.29 is 9.53 Å². The molecule has 5 heteroatoms. The monoisotopic (exact) mass is 297 g/mol. The minimum absolute atomic E-state index is 0.316. The van der Waals surface area contributed by atoms with Crippen molar-refractivity contribution in [1.29, 1.82) is 0 Å². The summed E-state index contributed by atoms with van der Waals surface area (Å²) in [4.78, 5) is 11.8. The number of para-hydroxylation sites is 1. The van der Waals surface area contributed by atoms with Gasteiger partial charge < -0.3 is 10.5 Å². The fraction of sp³-hybridized carbons (Fsp3) is 0.235. The van der Waals surface area contributed by atoms with Gasteiger partial charge in [-0.2, -0.15) is 5.11 Å². The zero-order chi connectivity index (χ0) is 15.8. The third kappa shape index (κ3) is 4.41. The lowest BCUT2D eigenvalue weighted by atomic mass is 10.2. The molecule has 0 aliphatic carbocycles. The van der Waals surface area contributed by atoms with Crippen molar-refractivity contribution in [3.05, 3.63) is 54.1 Å². The number of carbonyl (C=O) groups is 1. The molecule has 0 spiro atoms. The summed E-state index contributed by atoms with van der Waals surface area (Å²) in [5.41, 5.74) is 8.13. The number of ether oxygens (including phenoxy) is 1. The van der Waals surface area contributed by atoms with Crippen molar-refractivity contribution in [1.82, 2.24) is 0 Å². The Hall–Kier alpha value is -2.69. The zero-order valence-electron chi connectivity index (χ0n) is 12.5. The highest BCUT2D eigenvalue weighted by atomic mass is 16.5. The van der Waals surface area contributed by atoms with Crippen LogP contribution in [-0.4, -0.2) is 12.6 Å². The fourth-order valence-corrected chi connectivity index (χ4v) is 1.75. The molecule has 0 aliphatic rings. The van der Waals surface area contributed by atoms with Crippen LogP contribution in [0, 0.1) is 0 Å². The number of anilines is 1. The third-order valence-electron chi connectivity index (χ3n) is 3.04. The Labute approximate surface area is 129 Å². The molecule has 0 bridgehead atoms. The minimum Gasteiger partial charge on any atom is -0.462 e. The normalized spacial score (nSPS) is 10.8. The van der Waals surface area contributed by atoms with E-state index in [9.17, 15) is 4.79 Å². The molecule has 2 N–H and O–H groups in total. The van der Waals surface area contributed by atoms with Crippen molar-refractivity contribution in [3.63, 3.8) is 0 Å². The lowest BCUT2D eigenvalue weighted by molar-refractivity contribution is 0.0500. The molecule has 0 radical (unpaired) electrons. The smallest absolute Gasteiger partial charge is 0.338 e. The minimum atomic E-state index is -0.316. The van der Waals surface area contributed by atoms with Crippen LogP contribution in [0.25, 0.3) is 0 Å². The summed E-state index contributed by atoms with van der Waals surface area (Å²) in [6.45, 7) is 2.50. The molecule has 0 aromatic heterocycles. The standard InChI is InChI=1S/C17H19N3O2/c1-2-3-12-22-17(21)13-8-10-14(11-9-13)19-20-16-7-5-4-6-15(16)18/h4-11H,2-3,12,18H2,1H3. The quantitative estimate of drug-likeness (QED) is 0.365. The van der Waals surface area contributed by atoms with Crippen LogP contribution < -0.4 is 5.73 Å². The number of nitrogens with zero attached hydrogens (tertiary/aromatic N) is 2. The first-order valence-electron chi connectivity index (χ1n) is 7.24. The molecular formula is C17H19N3O2. The Bertz CT molecular complexity index is 651. The number of rotatable bonds is 6. The second-order valence-corrected chi connectivity index (χ2v) is 4.80. The average molecular weight is 297 g/mol. The highest BCUT2D eigenvalue weighted by molar-refractivity contribution is 5.89. The number of azo groups is 1. The van der Waals surface area contributed by atoms with E-state index in [2.05, 4.69) is 10.2 Å². The van der Waals surface area contributed by atoms with Gasteiger partial charge in [0.15, 0.2) is 0 Å². The van der Waals surface area contributed by atoms with Gasteiger partial charge in [0.25, 0.3) is 0 Å². The second kappa shape index (κ2) is 7.93. The van der Waals surface area contributed by atoms with Crippen LogP contribution in [0.3, 0.4) is 0 Å². The molecule has 0 saturated heterocycles. The Kier molecular flexibility index (Phi) is 5.65.